The van der Waals surface area contributed by atoms with Crippen LogP contribution in [0.2, 0.25) is 0 Å². The summed E-state index contributed by atoms with van der Waals surface area (Å²) in [5.74, 6) is -1.13. The average Bonchev–Trinajstić information content (AvgIpc) is 2.49. The maximum Gasteiger partial charge on any atom is 0.328 e. The largest absolute Gasteiger partial charge is 0.467 e. The third kappa shape index (κ3) is 6.70. The van der Waals surface area contributed by atoms with Crippen molar-refractivity contribution in [2.75, 3.05) is 7.11 Å². The molecule has 1 N–H and O–H groups in total. The maximum absolute atomic E-state index is 13.1. The summed E-state index contributed by atoms with van der Waals surface area (Å²) in [4.78, 5) is 23.7. The Morgan fingerprint density at radius 3 is 2.68 bits per heavy atom. The van der Waals surface area contributed by atoms with Gasteiger partial charge in [0.1, 0.15) is 11.9 Å². The Morgan fingerprint density at radius 2 is 2.05 bits per heavy atom. The molecule has 1 aromatic carbocycles. The molecule has 22 heavy (non-hydrogen) atoms. The van der Waals surface area contributed by atoms with Gasteiger partial charge in [-0.1, -0.05) is 44.7 Å². The van der Waals surface area contributed by atoms with Gasteiger partial charge in [0.2, 0.25) is 5.91 Å². The van der Waals surface area contributed by atoms with E-state index in [1.807, 2.05) is 0 Å². The molecule has 0 aromatic heterocycles. The lowest BCUT2D eigenvalue weighted by atomic mass is 10.1. The fraction of sp³-hybridized carbons (Fsp3) is 0.529. The van der Waals surface area contributed by atoms with Crippen molar-refractivity contribution in [3.63, 3.8) is 0 Å². The van der Waals surface area contributed by atoms with E-state index < -0.39 is 12.0 Å². The molecule has 1 atom stereocenters. The van der Waals surface area contributed by atoms with E-state index in [-0.39, 0.29) is 18.1 Å². The number of rotatable bonds is 9. The zero-order chi connectivity index (χ0) is 16.4. The second-order valence-electron chi connectivity index (χ2n) is 5.30. The number of unbranched alkanes of at least 4 members (excludes halogenated alkanes) is 3. The van der Waals surface area contributed by atoms with Gasteiger partial charge in [-0.3, -0.25) is 4.79 Å². The van der Waals surface area contributed by atoms with Crippen molar-refractivity contribution in [3.8, 4) is 0 Å². The molecule has 1 aromatic rings. The molecule has 0 aliphatic carbocycles. The summed E-state index contributed by atoms with van der Waals surface area (Å²) in [6.45, 7) is 2.11. The highest BCUT2D eigenvalue weighted by molar-refractivity contribution is 5.85. The molecular formula is C17H24FNO3. The van der Waals surface area contributed by atoms with Crippen LogP contribution in [0.25, 0.3) is 0 Å². The van der Waals surface area contributed by atoms with E-state index in [0.29, 0.717) is 12.0 Å². The first-order valence-electron chi connectivity index (χ1n) is 7.68. The number of amides is 1. The molecule has 122 valence electrons. The Morgan fingerprint density at radius 1 is 1.27 bits per heavy atom. The minimum absolute atomic E-state index is 0.0419. The van der Waals surface area contributed by atoms with Crippen LogP contribution in [0.15, 0.2) is 24.3 Å². The first kappa shape index (κ1) is 18.1. The molecule has 1 amide bonds. The fourth-order valence-electron chi connectivity index (χ4n) is 2.24. The molecule has 4 nitrogen and oxygen atoms in total. The highest BCUT2D eigenvalue weighted by atomic mass is 19.1. The number of esters is 1. The minimum atomic E-state index is -0.636. The molecule has 0 radical (unpaired) electrons. The molecule has 1 rings (SSSR count). The summed E-state index contributed by atoms with van der Waals surface area (Å²) in [6, 6.07) is 5.24. The Bertz CT molecular complexity index is 491. The number of halogens is 1. The molecule has 0 aliphatic rings. The fourth-order valence-corrected chi connectivity index (χ4v) is 2.24. The molecule has 0 heterocycles. The number of benzene rings is 1. The number of methoxy groups -OCH3 is 1. The van der Waals surface area contributed by atoms with Crippen molar-refractivity contribution in [1.29, 1.82) is 0 Å². The normalized spacial score (nSPS) is 11.8. The van der Waals surface area contributed by atoms with Crippen LogP contribution in [0, 0.1) is 5.82 Å². The molecule has 0 fully saturated rings. The number of hydrogen-bond donors (Lipinski definition) is 1. The molecule has 5 heteroatoms. The summed E-state index contributed by atoms with van der Waals surface area (Å²) in [7, 11) is 1.31. The number of carbonyl (C=O) groups is 2. The Labute approximate surface area is 131 Å². The first-order chi connectivity index (χ1) is 10.6. The first-order valence-corrected chi connectivity index (χ1v) is 7.68. The highest BCUT2D eigenvalue weighted by Gasteiger charge is 2.21. The van der Waals surface area contributed by atoms with Gasteiger partial charge in [-0.05, 0) is 24.1 Å². The van der Waals surface area contributed by atoms with E-state index in [1.54, 1.807) is 12.1 Å². The van der Waals surface area contributed by atoms with Crippen LogP contribution in [0.3, 0.4) is 0 Å². The van der Waals surface area contributed by atoms with Gasteiger partial charge in [0.15, 0.2) is 0 Å². The van der Waals surface area contributed by atoms with E-state index in [4.69, 9.17) is 4.74 Å². The number of hydrogen-bond acceptors (Lipinski definition) is 3. The predicted octanol–water partition coefficient (Wildman–Crippen LogP) is 3.00. The quantitative estimate of drug-likeness (QED) is 0.563. The van der Waals surface area contributed by atoms with Gasteiger partial charge in [0.05, 0.1) is 13.5 Å². The van der Waals surface area contributed by atoms with E-state index in [1.165, 1.54) is 19.2 Å². The van der Waals surface area contributed by atoms with Crippen LogP contribution in [0.4, 0.5) is 4.39 Å². The lowest BCUT2D eigenvalue weighted by Gasteiger charge is -2.16. The molecule has 0 saturated carbocycles. The lowest BCUT2D eigenvalue weighted by molar-refractivity contribution is -0.145. The zero-order valence-electron chi connectivity index (χ0n) is 13.2. The van der Waals surface area contributed by atoms with Crippen LogP contribution in [0.5, 0.6) is 0 Å². The lowest BCUT2D eigenvalue weighted by Crippen LogP contribution is -2.42. The van der Waals surface area contributed by atoms with E-state index in [0.717, 1.165) is 25.7 Å². The van der Waals surface area contributed by atoms with Crippen molar-refractivity contribution in [3.05, 3.63) is 35.6 Å². The second kappa shape index (κ2) is 9.92. The maximum atomic E-state index is 13.1. The molecule has 0 aliphatic heterocycles. The van der Waals surface area contributed by atoms with Crippen molar-refractivity contribution in [2.24, 2.45) is 0 Å². The summed E-state index contributed by atoms with van der Waals surface area (Å²) < 4.78 is 17.8. The Balaban J connectivity index is 2.52. The van der Waals surface area contributed by atoms with Gasteiger partial charge in [-0.15, -0.1) is 0 Å². The van der Waals surface area contributed by atoms with Crippen LogP contribution in [-0.2, 0) is 20.7 Å². The SMILES string of the molecule is CCCCCC[C@H](NC(=O)Cc1cccc(F)c1)C(=O)OC. The molecule has 0 bridgehead atoms. The Hall–Kier alpha value is -1.91. The van der Waals surface area contributed by atoms with Crippen molar-refractivity contribution in [1.82, 2.24) is 5.32 Å². The monoisotopic (exact) mass is 309 g/mol. The number of nitrogens with one attached hydrogen (secondary N) is 1. The van der Waals surface area contributed by atoms with Gasteiger partial charge in [0, 0.05) is 0 Å². The predicted molar refractivity (Wildman–Crippen MR) is 82.8 cm³/mol. The second-order valence-corrected chi connectivity index (χ2v) is 5.30. The van der Waals surface area contributed by atoms with Crippen LogP contribution in [0.1, 0.15) is 44.6 Å². The van der Waals surface area contributed by atoms with E-state index in [9.17, 15) is 14.0 Å². The standard InChI is InChI=1S/C17H24FNO3/c1-3-4-5-6-10-15(17(21)22-2)19-16(20)12-13-8-7-9-14(18)11-13/h7-9,11,15H,3-6,10,12H2,1-2H3,(H,19,20)/t15-/m0/s1. The van der Waals surface area contributed by atoms with Gasteiger partial charge < -0.3 is 10.1 Å². The van der Waals surface area contributed by atoms with Crippen LogP contribution < -0.4 is 5.32 Å². The van der Waals surface area contributed by atoms with Gasteiger partial charge >= 0.3 is 5.97 Å². The minimum Gasteiger partial charge on any atom is -0.467 e. The zero-order valence-corrected chi connectivity index (χ0v) is 13.2. The van der Waals surface area contributed by atoms with Gasteiger partial charge in [-0.25, -0.2) is 9.18 Å². The van der Waals surface area contributed by atoms with Gasteiger partial charge in [-0.2, -0.15) is 0 Å². The number of ether oxygens (including phenoxy) is 1. The van der Waals surface area contributed by atoms with E-state index >= 15 is 0 Å². The van der Waals surface area contributed by atoms with Crippen molar-refractivity contribution in [2.45, 2.75) is 51.5 Å². The molecule has 0 saturated heterocycles. The van der Waals surface area contributed by atoms with Crippen molar-refractivity contribution >= 4 is 11.9 Å². The molecule has 0 spiro atoms. The van der Waals surface area contributed by atoms with Crippen molar-refractivity contribution < 1.29 is 18.7 Å². The number of carbonyl (C=O) groups excluding carboxylic acids is 2. The van der Waals surface area contributed by atoms with Gasteiger partial charge in [0.25, 0.3) is 0 Å². The highest BCUT2D eigenvalue weighted by Crippen LogP contribution is 2.08. The Kier molecular flexibility index (Phi) is 8.18. The third-order valence-corrected chi connectivity index (χ3v) is 3.42. The third-order valence-electron chi connectivity index (χ3n) is 3.42. The summed E-state index contributed by atoms with van der Waals surface area (Å²) in [5.41, 5.74) is 0.576. The van der Waals surface area contributed by atoms with Crippen LogP contribution >= 0.6 is 0 Å². The average molecular weight is 309 g/mol. The van der Waals surface area contributed by atoms with E-state index in [2.05, 4.69) is 12.2 Å². The summed E-state index contributed by atoms with van der Waals surface area (Å²) in [6.07, 6.45) is 4.68. The summed E-state index contributed by atoms with van der Waals surface area (Å²) >= 11 is 0. The molecule has 0 unspecified atom stereocenters. The molecular weight excluding hydrogens is 285 g/mol. The topological polar surface area (TPSA) is 55.4 Å². The van der Waals surface area contributed by atoms with Crippen LogP contribution in [-0.4, -0.2) is 25.0 Å². The smallest absolute Gasteiger partial charge is 0.328 e. The summed E-state index contributed by atoms with van der Waals surface area (Å²) in [5, 5.41) is 2.68.